The lowest BCUT2D eigenvalue weighted by atomic mass is 10.0. The lowest BCUT2D eigenvalue weighted by Gasteiger charge is -2.19. The van der Waals surface area contributed by atoms with Crippen molar-refractivity contribution in [3.05, 3.63) is 18.5 Å². The van der Waals surface area contributed by atoms with Gasteiger partial charge < -0.3 is 14.2 Å². The molecule has 2 atom stereocenters. The smallest absolute Gasteiger partial charge is 0.195 e. The van der Waals surface area contributed by atoms with Crippen molar-refractivity contribution in [3.63, 3.8) is 0 Å². The van der Waals surface area contributed by atoms with E-state index in [9.17, 15) is 0 Å². The fourth-order valence-corrected chi connectivity index (χ4v) is 3.40. The molecule has 5 nitrogen and oxygen atoms in total. The van der Waals surface area contributed by atoms with Crippen LogP contribution in [0.3, 0.4) is 0 Å². The third-order valence-corrected chi connectivity index (χ3v) is 4.22. The molecule has 0 spiro atoms. The van der Waals surface area contributed by atoms with Gasteiger partial charge in [0.05, 0.1) is 12.5 Å². The number of hydrogen-bond acceptors (Lipinski definition) is 5. The van der Waals surface area contributed by atoms with E-state index in [1.54, 1.807) is 12.5 Å². The first-order chi connectivity index (χ1) is 8.81. The predicted octanol–water partition coefficient (Wildman–Crippen LogP) is 1.22. The Hall–Kier alpha value is -1.62. The van der Waals surface area contributed by atoms with Crippen molar-refractivity contribution in [2.75, 3.05) is 38.1 Å². The molecule has 5 heteroatoms. The topological polar surface area (TPSA) is 45.4 Å². The van der Waals surface area contributed by atoms with Crippen LogP contribution in [0.4, 0.5) is 5.82 Å². The molecule has 4 heterocycles. The number of aromatic nitrogens is 2. The van der Waals surface area contributed by atoms with E-state index in [0.717, 1.165) is 41.7 Å². The van der Waals surface area contributed by atoms with Gasteiger partial charge in [0.2, 0.25) is 0 Å². The molecule has 0 aromatic carbocycles. The monoisotopic (exact) mass is 244 g/mol. The summed E-state index contributed by atoms with van der Waals surface area (Å²) in [6, 6.07) is 1.94. The number of fused-ring (bicyclic) bond motifs is 2. The van der Waals surface area contributed by atoms with Gasteiger partial charge in [-0.2, -0.15) is 5.10 Å². The first-order valence-electron chi connectivity index (χ1n) is 6.43. The molecule has 0 aliphatic carbocycles. The van der Waals surface area contributed by atoms with E-state index in [0.29, 0.717) is 0 Å². The minimum atomic E-state index is 0.766. The summed E-state index contributed by atoms with van der Waals surface area (Å²) in [6.45, 7) is 4.54. The van der Waals surface area contributed by atoms with Crippen molar-refractivity contribution in [2.24, 2.45) is 11.8 Å². The molecule has 0 radical (unpaired) electrons. The summed E-state index contributed by atoms with van der Waals surface area (Å²) in [5.74, 6) is 2.44. The summed E-state index contributed by atoms with van der Waals surface area (Å²) in [5.41, 5.74) is 0.873. The van der Waals surface area contributed by atoms with Crippen LogP contribution in [-0.4, -0.2) is 48.3 Å². The third-order valence-electron chi connectivity index (χ3n) is 4.22. The highest BCUT2D eigenvalue weighted by Gasteiger charge is 2.39. The average Bonchev–Trinajstić information content (AvgIpc) is 3.00. The Morgan fingerprint density at radius 3 is 2.78 bits per heavy atom. The van der Waals surface area contributed by atoms with E-state index in [2.05, 4.69) is 27.0 Å². The van der Waals surface area contributed by atoms with Crippen molar-refractivity contribution in [3.8, 4) is 0 Å². The molecule has 4 rings (SSSR count). The highest BCUT2D eigenvalue weighted by atomic mass is 16.3. The number of hydrogen-bond donors (Lipinski definition) is 0. The van der Waals surface area contributed by atoms with Crippen molar-refractivity contribution in [1.82, 2.24) is 15.1 Å². The van der Waals surface area contributed by atoms with E-state index in [-0.39, 0.29) is 0 Å². The zero-order valence-corrected chi connectivity index (χ0v) is 10.4. The van der Waals surface area contributed by atoms with Crippen LogP contribution < -0.4 is 4.90 Å². The van der Waals surface area contributed by atoms with Crippen molar-refractivity contribution in [2.45, 2.75) is 0 Å². The largest absolute Gasteiger partial charge is 0.460 e. The van der Waals surface area contributed by atoms with Crippen molar-refractivity contribution >= 4 is 16.8 Å². The molecule has 2 saturated heterocycles. The minimum absolute atomic E-state index is 0.766. The van der Waals surface area contributed by atoms with Crippen LogP contribution in [-0.2, 0) is 0 Å². The Labute approximate surface area is 105 Å². The molecule has 0 amide bonds. The molecule has 2 aromatic rings. The minimum Gasteiger partial charge on any atom is -0.460 e. The van der Waals surface area contributed by atoms with Crippen molar-refractivity contribution < 1.29 is 4.42 Å². The first-order valence-corrected chi connectivity index (χ1v) is 6.43. The Morgan fingerprint density at radius 1 is 1.22 bits per heavy atom. The van der Waals surface area contributed by atoms with E-state index < -0.39 is 0 Å². The summed E-state index contributed by atoms with van der Waals surface area (Å²) in [5, 5.41) is 9.39. The molecule has 0 N–H and O–H groups in total. The van der Waals surface area contributed by atoms with Gasteiger partial charge in [-0.3, -0.25) is 0 Å². The zero-order chi connectivity index (χ0) is 12.1. The summed E-state index contributed by atoms with van der Waals surface area (Å²) in [4.78, 5) is 4.76. The lowest BCUT2D eigenvalue weighted by molar-refractivity contribution is 0.386. The number of rotatable bonds is 1. The normalized spacial score (nSPS) is 28.2. The molecule has 2 aromatic heterocycles. The third kappa shape index (κ3) is 1.43. The van der Waals surface area contributed by atoms with Gasteiger partial charge in [0.1, 0.15) is 0 Å². The van der Waals surface area contributed by atoms with Gasteiger partial charge in [-0.15, -0.1) is 5.10 Å². The highest BCUT2D eigenvalue weighted by molar-refractivity contribution is 5.86. The quantitative estimate of drug-likeness (QED) is 0.754. The summed E-state index contributed by atoms with van der Waals surface area (Å²) in [7, 11) is 2.20. The van der Waals surface area contributed by atoms with Crippen LogP contribution in [0, 0.1) is 11.8 Å². The number of anilines is 1. The van der Waals surface area contributed by atoms with E-state index in [1.165, 1.54) is 13.1 Å². The van der Waals surface area contributed by atoms with Crippen LogP contribution in [0.2, 0.25) is 0 Å². The Morgan fingerprint density at radius 2 is 2.00 bits per heavy atom. The molecule has 2 unspecified atom stereocenters. The van der Waals surface area contributed by atoms with Gasteiger partial charge >= 0.3 is 0 Å². The Kier molecular flexibility index (Phi) is 2.11. The maximum Gasteiger partial charge on any atom is 0.195 e. The molecule has 2 fully saturated rings. The fraction of sp³-hybridized carbons (Fsp3) is 0.538. The predicted molar refractivity (Wildman–Crippen MR) is 68.5 cm³/mol. The number of likely N-dealkylation sites (tertiary alicyclic amines) is 1. The molecular weight excluding hydrogens is 228 g/mol. The summed E-state index contributed by atoms with van der Waals surface area (Å²) < 4.78 is 5.55. The number of furan rings is 1. The van der Waals surface area contributed by atoms with E-state index >= 15 is 0 Å². The van der Waals surface area contributed by atoms with Gasteiger partial charge in [0.15, 0.2) is 11.4 Å². The van der Waals surface area contributed by atoms with E-state index in [1.807, 2.05) is 6.07 Å². The standard InChI is InChI=1S/C13H16N4O/c1-16-5-10-7-17(8-11(10)6-16)13-12-9(2-3-18-12)4-14-15-13/h2-4,10-11H,5-8H2,1H3. The van der Waals surface area contributed by atoms with Gasteiger partial charge in [0, 0.05) is 31.6 Å². The molecule has 94 valence electrons. The van der Waals surface area contributed by atoms with E-state index in [4.69, 9.17) is 4.42 Å². The van der Waals surface area contributed by atoms with Crippen LogP contribution in [0.25, 0.3) is 11.0 Å². The van der Waals surface area contributed by atoms with Crippen LogP contribution in [0.15, 0.2) is 22.9 Å². The molecule has 2 aliphatic rings. The second-order valence-electron chi connectivity index (χ2n) is 5.52. The second-order valence-corrected chi connectivity index (χ2v) is 5.52. The lowest BCUT2D eigenvalue weighted by Crippen LogP contribution is -2.27. The molecule has 2 aliphatic heterocycles. The number of nitrogens with zero attached hydrogens (tertiary/aromatic N) is 4. The van der Waals surface area contributed by atoms with Gasteiger partial charge in [-0.1, -0.05) is 0 Å². The highest BCUT2D eigenvalue weighted by Crippen LogP contribution is 2.34. The van der Waals surface area contributed by atoms with Crippen LogP contribution >= 0.6 is 0 Å². The second kappa shape index (κ2) is 3.68. The SMILES string of the molecule is CN1CC2CN(c3nncc4ccoc34)CC2C1. The molecule has 0 saturated carbocycles. The molecular formula is C13H16N4O. The van der Waals surface area contributed by atoms with Crippen LogP contribution in [0.1, 0.15) is 0 Å². The average molecular weight is 244 g/mol. The molecule has 18 heavy (non-hydrogen) atoms. The first kappa shape index (κ1) is 10.3. The molecule has 0 bridgehead atoms. The summed E-state index contributed by atoms with van der Waals surface area (Å²) in [6.07, 6.45) is 3.47. The Bertz CT molecular complexity index is 567. The van der Waals surface area contributed by atoms with Gasteiger partial charge in [-0.25, -0.2) is 0 Å². The maximum atomic E-state index is 5.55. The summed E-state index contributed by atoms with van der Waals surface area (Å²) >= 11 is 0. The van der Waals surface area contributed by atoms with Gasteiger partial charge in [-0.05, 0) is 24.9 Å². The van der Waals surface area contributed by atoms with Crippen LogP contribution in [0.5, 0.6) is 0 Å². The zero-order valence-electron chi connectivity index (χ0n) is 10.4. The fourth-order valence-electron chi connectivity index (χ4n) is 3.40. The van der Waals surface area contributed by atoms with Crippen molar-refractivity contribution in [1.29, 1.82) is 0 Å². The Balaban J connectivity index is 1.67. The van der Waals surface area contributed by atoms with Gasteiger partial charge in [0.25, 0.3) is 0 Å². The maximum absolute atomic E-state index is 5.55.